The topological polar surface area (TPSA) is 85.3 Å². The van der Waals surface area contributed by atoms with Crippen LogP contribution in [0.1, 0.15) is 28.3 Å². The number of methoxy groups -OCH3 is 3. The van der Waals surface area contributed by atoms with Crippen LogP contribution < -0.4 is 19.1 Å². The van der Waals surface area contributed by atoms with E-state index in [1.807, 2.05) is 26.0 Å². The molecule has 1 aliphatic heterocycles. The van der Waals surface area contributed by atoms with Crippen molar-refractivity contribution in [2.45, 2.75) is 19.9 Å². The molecule has 3 aromatic carbocycles. The molecule has 1 unspecified atom stereocenters. The van der Waals surface area contributed by atoms with Gasteiger partial charge >= 0.3 is 0 Å². The highest BCUT2D eigenvalue weighted by molar-refractivity contribution is 6.52. The van der Waals surface area contributed by atoms with Gasteiger partial charge in [0.15, 0.2) is 0 Å². The number of ether oxygens (including phenoxy) is 3. The molecule has 1 aliphatic rings. The van der Waals surface area contributed by atoms with Crippen LogP contribution in [-0.2, 0) is 9.59 Å². The molecule has 180 valence electrons. The monoisotopic (exact) mass is 473 g/mol. The maximum absolute atomic E-state index is 13.5. The van der Waals surface area contributed by atoms with E-state index in [-0.39, 0.29) is 16.9 Å². The summed E-state index contributed by atoms with van der Waals surface area (Å²) in [7, 11) is 4.50. The van der Waals surface area contributed by atoms with E-state index in [2.05, 4.69) is 0 Å². The van der Waals surface area contributed by atoms with Gasteiger partial charge in [-0.25, -0.2) is 0 Å². The van der Waals surface area contributed by atoms with E-state index in [0.717, 1.165) is 11.1 Å². The van der Waals surface area contributed by atoms with Crippen molar-refractivity contribution in [3.05, 3.63) is 88.5 Å². The van der Waals surface area contributed by atoms with Gasteiger partial charge in [0.25, 0.3) is 11.7 Å². The lowest BCUT2D eigenvalue weighted by molar-refractivity contribution is -0.132. The number of carbonyl (C=O) groups excluding carboxylic acids is 2. The lowest BCUT2D eigenvalue weighted by Gasteiger charge is -2.28. The SMILES string of the molecule is COc1ccc(/C(O)=C2\C(=O)C(=O)N(c3cccc(C)c3C)C2c2ccccc2OC)c(OC)c1. The number of para-hydroxylation sites is 1. The molecule has 0 bridgehead atoms. The molecule has 0 aliphatic carbocycles. The van der Waals surface area contributed by atoms with Crippen LogP contribution in [0.5, 0.6) is 17.2 Å². The maximum Gasteiger partial charge on any atom is 0.300 e. The molecule has 0 aromatic heterocycles. The van der Waals surface area contributed by atoms with Gasteiger partial charge in [-0.3, -0.25) is 14.5 Å². The largest absolute Gasteiger partial charge is 0.507 e. The quantitative estimate of drug-likeness (QED) is 0.310. The first-order chi connectivity index (χ1) is 16.8. The first-order valence-corrected chi connectivity index (χ1v) is 11.1. The highest BCUT2D eigenvalue weighted by atomic mass is 16.5. The lowest BCUT2D eigenvalue weighted by Crippen LogP contribution is -2.30. The molecular weight excluding hydrogens is 446 g/mol. The molecule has 3 aromatic rings. The average Bonchev–Trinajstić information content (AvgIpc) is 3.14. The summed E-state index contributed by atoms with van der Waals surface area (Å²) < 4.78 is 16.3. The Hall–Kier alpha value is -4.26. The van der Waals surface area contributed by atoms with Crippen LogP contribution in [0.3, 0.4) is 0 Å². The van der Waals surface area contributed by atoms with Gasteiger partial charge in [-0.1, -0.05) is 30.3 Å². The van der Waals surface area contributed by atoms with Crippen LogP contribution in [-0.4, -0.2) is 38.1 Å². The zero-order valence-electron chi connectivity index (χ0n) is 20.3. The van der Waals surface area contributed by atoms with Crippen molar-refractivity contribution in [3.8, 4) is 17.2 Å². The second kappa shape index (κ2) is 9.54. The fourth-order valence-corrected chi connectivity index (χ4v) is 4.40. The number of aryl methyl sites for hydroxylation is 1. The van der Waals surface area contributed by atoms with E-state index in [0.29, 0.717) is 28.5 Å². The third kappa shape index (κ3) is 3.99. The number of Topliss-reactive ketones (excluding diaryl/α,β-unsaturated/α-hetero) is 1. The summed E-state index contributed by atoms with van der Waals surface area (Å²) in [4.78, 5) is 28.4. The Morgan fingerprint density at radius 1 is 0.857 bits per heavy atom. The number of amides is 1. The molecule has 1 saturated heterocycles. The summed E-state index contributed by atoms with van der Waals surface area (Å²) >= 11 is 0. The van der Waals surface area contributed by atoms with Crippen molar-refractivity contribution in [2.24, 2.45) is 0 Å². The van der Waals surface area contributed by atoms with Gasteiger partial charge in [0, 0.05) is 17.3 Å². The normalized spacial score (nSPS) is 16.9. The highest BCUT2D eigenvalue weighted by Crippen LogP contribution is 2.46. The Balaban J connectivity index is 2.03. The lowest BCUT2D eigenvalue weighted by atomic mass is 9.93. The molecule has 1 heterocycles. The Morgan fingerprint density at radius 3 is 2.26 bits per heavy atom. The van der Waals surface area contributed by atoms with E-state index in [4.69, 9.17) is 14.2 Å². The van der Waals surface area contributed by atoms with Crippen molar-refractivity contribution < 1.29 is 28.9 Å². The minimum atomic E-state index is -0.918. The number of hydrogen-bond donors (Lipinski definition) is 1. The number of anilines is 1. The van der Waals surface area contributed by atoms with E-state index >= 15 is 0 Å². The number of benzene rings is 3. The zero-order chi connectivity index (χ0) is 25.3. The van der Waals surface area contributed by atoms with E-state index in [1.165, 1.54) is 26.2 Å². The fourth-order valence-electron chi connectivity index (χ4n) is 4.40. The summed E-state index contributed by atoms with van der Waals surface area (Å²) in [5, 5.41) is 11.5. The molecule has 7 heteroatoms. The number of aliphatic hydroxyl groups is 1. The summed E-state index contributed by atoms with van der Waals surface area (Å²) in [5.41, 5.74) is 3.21. The van der Waals surface area contributed by atoms with Gasteiger partial charge in [-0.2, -0.15) is 0 Å². The fraction of sp³-hybridized carbons (Fsp3) is 0.214. The van der Waals surface area contributed by atoms with Crippen LogP contribution in [0, 0.1) is 13.8 Å². The van der Waals surface area contributed by atoms with E-state index in [1.54, 1.807) is 48.5 Å². The number of ketones is 1. The molecular formula is C28H27NO6. The van der Waals surface area contributed by atoms with Crippen molar-refractivity contribution >= 4 is 23.1 Å². The van der Waals surface area contributed by atoms with E-state index in [9.17, 15) is 14.7 Å². The standard InChI is InChI=1S/C28H27NO6/c1-16-9-8-11-21(17(16)2)29-25(19-10-6-7-12-22(19)34-4)24(27(31)28(29)32)26(30)20-14-13-18(33-3)15-23(20)35-5/h6-15,25,30H,1-5H3/b26-24+. The van der Waals surface area contributed by atoms with Crippen molar-refractivity contribution in [1.82, 2.24) is 0 Å². The Kier molecular flexibility index (Phi) is 6.51. The maximum atomic E-state index is 13.5. The Bertz CT molecular complexity index is 1340. The molecule has 0 radical (unpaired) electrons. The first kappa shape index (κ1) is 23.9. The molecule has 1 amide bonds. The molecule has 7 nitrogen and oxygen atoms in total. The molecule has 1 N–H and O–H groups in total. The molecule has 4 rings (SSSR count). The van der Waals surface area contributed by atoms with Gasteiger partial charge in [-0.05, 0) is 49.2 Å². The third-order valence-corrected chi connectivity index (χ3v) is 6.38. The van der Waals surface area contributed by atoms with Gasteiger partial charge in [0.1, 0.15) is 23.0 Å². The smallest absolute Gasteiger partial charge is 0.300 e. The zero-order valence-corrected chi connectivity index (χ0v) is 20.3. The average molecular weight is 474 g/mol. The predicted molar refractivity (Wildman–Crippen MR) is 133 cm³/mol. The van der Waals surface area contributed by atoms with E-state index < -0.39 is 17.7 Å². The number of aliphatic hydroxyl groups excluding tert-OH is 1. The number of carbonyl (C=O) groups is 2. The third-order valence-electron chi connectivity index (χ3n) is 6.38. The van der Waals surface area contributed by atoms with Crippen molar-refractivity contribution in [3.63, 3.8) is 0 Å². The summed E-state index contributed by atoms with van der Waals surface area (Å²) in [6.07, 6.45) is 0. The number of hydrogen-bond acceptors (Lipinski definition) is 6. The summed E-state index contributed by atoms with van der Waals surface area (Å²) in [6, 6.07) is 16.6. The van der Waals surface area contributed by atoms with Crippen molar-refractivity contribution in [1.29, 1.82) is 0 Å². The summed E-state index contributed by atoms with van der Waals surface area (Å²) in [6.45, 7) is 3.84. The molecule has 0 saturated carbocycles. The summed E-state index contributed by atoms with van der Waals surface area (Å²) in [5.74, 6) is -0.552. The molecule has 0 spiro atoms. The highest BCUT2D eigenvalue weighted by Gasteiger charge is 2.48. The van der Waals surface area contributed by atoms with Gasteiger partial charge in [0.2, 0.25) is 0 Å². The van der Waals surface area contributed by atoms with Crippen molar-refractivity contribution in [2.75, 3.05) is 26.2 Å². The van der Waals surface area contributed by atoms with Crippen LogP contribution in [0.4, 0.5) is 5.69 Å². The first-order valence-electron chi connectivity index (χ1n) is 11.1. The van der Waals surface area contributed by atoms with Gasteiger partial charge in [-0.15, -0.1) is 0 Å². The Labute approximate surface area is 204 Å². The van der Waals surface area contributed by atoms with Crippen LogP contribution in [0.15, 0.2) is 66.2 Å². The molecule has 1 atom stereocenters. The molecule has 1 fully saturated rings. The number of nitrogens with zero attached hydrogens (tertiary/aromatic N) is 1. The predicted octanol–water partition coefficient (Wildman–Crippen LogP) is 4.96. The van der Waals surface area contributed by atoms with Gasteiger partial charge < -0.3 is 19.3 Å². The van der Waals surface area contributed by atoms with Crippen LogP contribution >= 0.6 is 0 Å². The van der Waals surface area contributed by atoms with Gasteiger partial charge in [0.05, 0.1) is 38.5 Å². The Morgan fingerprint density at radius 2 is 1.57 bits per heavy atom. The second-order valence-corrected chi connectivity index (χ2v) is 8.20. The molecule has 35 heavy (non-hydrogen) atoms. The minimum Gasteiger partial charge on any atom is -0.507 e. The minimum absolute atomic E-state index is 0.0520. The van der Waals surface area contributed by atoms with Crippen LogP contribution in [0.25, 0.3) is 5.76 Å². The number of rotatable bonds is 6. The second-order valence-electron chi connectivity index (χ2n) is 8.20. The van der Waals surface area contributed by atoms with Crippen LogP contribution in [0.2, 0.25) is 0 Å².